The van der Waals surface area contributed by atoms with E-state index in [0.717, 1.165) is 24.5 Å². The van der Waals surface area contributed by atoms with Crippen molar-refractivity contribution in [1.82, 2.24) is 0 Å². The van der Waals surface area contributed by atoms with Crippen molar-refractivity contribution in [2.45, 2.75) is 32.1 Å². The molecular formula is C21H25FN2O2. The number of hydrogen-bond acceptors (Lipinski definition) is 3. The van der Waals surface area contributed by atoms with Crippen LogP contribution in [0.1, 0.15) is 31.2 Å². The number of halogens is 1. The predicted molar refractivity (Wildman–Crippen MR) is 102 cm³/mol. The van der Waals surface area contributed by atoms with Gasteiger partial charge in [-0.1, -0.05) is 31.0 Å². The summed E-state index contributed by atoms with van der Waals surface area (Å²) in [6, 6.07) is 12.5. The van der Waals surface area contributed by atoms with Gasteiger partial charge in [0.25, 0.3) is 0 Å². The summed E-state index contributed by atoms with van der Waals surface area (Å²) in [6.07, 6.45) is 4.98. The second-order valence-electron chi connectivity index (χ2n) is 6.61. The lowest BCUT2D eigenvalue weighted by Gasteiger charge is -2.25. The molecule has 0 aromatic heterocycles. The van der Waals surface area contributed by atoms with Gasteiger partial charge >= 0.3 is 0 Å². The van der Waals surface area contributed by atoms with E-state index in [1.165, 1.54) is 38.9 Å². The molecule has 0 unspecified atom stereocenters. The zero-order valence-corrected chi connectivity index (χ0v) is 15.1. The van der Waals surface area contributed by atoms with E-state index >= 15 is 0 Å². The number of ether oxygens (including phenoxy) is 1. The standard InChI is InChI=1S/C21H25FN2O2/c1-26-20-11-10-16(14-17(20)22)15-21(25)23-18-8-4-5-9-19(18)24-12-6-2-3-7-13-24/h4-5,8-11,14H,2-3,6-7,12-13,15H2,1H3,(H,23,25). The summed E-state index contributed by atoms with van der Waals surface area (Å²) in [5, 5.41) is 2.99. The molecule has 1 saturated heterocycles. The van der Waals surface area contributed by atoms with Gasteiger partial charge in [-0.05, 0) is 42.7 Å². The summed E-state index contributed by atoms with van der Waals surface area (Å²) in [5.41, 5.74) is 2.49. The van der Waals surface area contributed by atoms with Crippen molar-refractivity contribution in [3.05, 3.63) is 53.8 Å². The Labute approximate surface area is 154 Å². The molecule has 4 nitrogen and oxygen atoms in total. The number of nitrogens with zero attached hydrogens (tertiary/aromatic N) is 1. The number of amides is 1. The molecule has 1 fully saturated rings. The number of para-hydroxylation sites is 2. The molecule has 0 atom stereocenters. The fourth-order valence-corrected chi connectivity index (χ4v) is 3.37. The van der Waals surface area contributed by atoms with Crippen molar-refractivity contribution in [2.24, 2.45) is 0 Å². The first-order valence-electron chi connectivity index (χ1n) is 9.13. The largest absolute Gasteiger partial charge is 0.494 e. The maximum Gasteiger partial charge on any atom is 0.228 e. The van der Waals surface area contributed by atoms with E-state index in [1.807, 2.05) is 24.3 Å². The number of nitrogens with one attached hydrogen (secondary N) is 1. The number of carbonyl (C=O) groups excluding carboxylic acids is 1. The van der Waals surface area contributed by atoms with Gasteiger partial charge in [0, 0.05) is 13.1 Å². The third-order valence-corrected chi connectivity index (χ3v) is 4.71. The second kappa shape index (κ2) is 8.70. The summed E-state index contributed by atoms with van der Waals surface area (Å²) in [4.78, 5) is 14.8. The molecule has 2 aromatic rings. The molecule has 1 aliphatic heterocycles. The Kier molecular flexibility index (Phi) is 6.10. The Balaban J connectivity index is 1.70. The van der Waals surface area contributed by atoms with Crippen LogP contribution in [-0.2, 0) is 11.2 Å². The number of carbonyl (C=O) groups is 1. The van der Waals surface area contributed by atoms with Crippen molar-refractivity contribution in [3.8, 4) is 5.75 Å². The van der Waals surface area contributed by atoms with Gasteiger partial charge in [0.2, 0.25) is 5.91 Å². The molecule has 2 aromatic carbocycles. The van der Waals surface area contributed by atoms with Gasteiger partial charge < -0.3 is 15.0 Å². The summed E-state index contributed by atoms with van der Waals surface area (Å²) in [7, 11) is 1.42. The highest BCUT2D eigenvalue weighted by Crippen LogP contribution is 2.28. The molecule has 26 heavy (non-hydrogen) atoms. The number of rotatable bonds is 5. The topological polar surface area (TPSA) is 41.6 Å². The number of methoxy groups -OCH3 is 1. The summed E-state index contributed by atoms with van der Waals surface area (Å²) in [6.45, 7) is 2.02. The molecule has 1 heterocycles. The first-order valence-corrected chi connectivity index (χ1v) is 9.13. The molecule has 0 saturated carbocycles. The van der Waals surface area contributed by atoms with Crippen LogP contribution in [0.5, 0.6) is 5.75 Å². The van der Waals surface area contributed by atoms with Crippen LogP contribution < -0.4 is 15.0 Å². The average Bonchev–Trinajstić information content (AvgIpc) is 2.91. The molecule has 1 N–H and O–H groups in total. The van der Waals surface area contributed by atoms with Gasteiger partial charge in [0.15, 0.2) is 11.6 Å². The zero-order valence-electron chi connectivity index (χ0n) is 15.1. The lowest BCUT2D eigenvalue weighted by atomic mass is 10.1. The number of anilines is 2. The molecule has 1 aliphatic rings. The van der Waals surface area contributed by atoms with Crippen LogP contribution in [-0.4, -0.2) is 26.1 Å². The Morgan fingerprint density at radius 3 is 2.54 bits per heavy atom. The smallest absolute Gasteiger partial charge is 0.228 e. The fraction of sp³-hybridized carbons (Fsp3) is 0.381. The van der Waals surface area contributed by atoms with Gasteiger partial charge in [-0.3, -0.25) is 4.79 Å². The van der Waals surface area contributed by atoms with Crippen LogP contribution in [0.4, 0.5) is 15.8 Å². The Bertz CT molecular complexity index is 755. The molecule has 0 aliphatic carbocycles. The molecule has 138 valence electrons. The van der Waals surface area contributed by atoms with Crippen molar-refractivity contribution in [3.63, 3.8) is 0 Å². The normalized spacial score (nSPS) is 14.6. The molecule has 0 bridgehead atoms. The van der Waals surface area contributed by atoms with Gasteiger partial charge in [0.05, 0.1) is 24.9 Å². The minimum Gasteiger partial charge on any atom is -0.494 e. The Morgan fingerprint density at radius 1 is 1.12 bits per heavy atom. The first-order chi connectivity index (χ1) is 12.7. The monoisotopic (exact) mass is 356 g/mol. The molecule has 0 radical (unpaired) electrons. The van der Waals surface area contributed by atoms with Crippen LogP contribution in [0.2, 0.25) is 0 Å². The van der Waals surface area contributed by atoms with Gasteiger partial charge in [-0.2, -0.15) is 0 Å². The van der Waals surface area contributed by atoms with Crippen LogP contribution in [0.25, 0.3) is 0 Å². The van der Waals surface area contributed by atoms with Crippen LogP contribution in [0.3, 0.4) is 0 Å². The fourth-order valence-electron chi connectivity index (χ4n) is 3.37. The molecule has 5 heteroatoms. The van der Waals surface area contributed by atoms with E-state index in [2.05, 4.69) is 10.2 Å². The predicted octanol–water partition coefficient (Wildman–Crippen LogP) is 4.40. The van der Waals surface area contributed by atoms with Gasteiger partial charge in [0.1, 0.15) is 0 Å². The van der Waals surface area contributed by atoms with E-state index in [-0.39, 0.29) is 18.1 Å². The van der Waals surface area contributed by atoms with Crippen molar-refractivity contribution in [2.75, 3.05) is 30.4 Å². The maximum atomic E-state index is 13.8. The summed E-state index contributed by atoms with van der Waals surface area (Å²) in [5.74, 6) is -0.430. The minimum absolute atomic E-state index is 0.120. The Morgan fingerprint density at radius 2 is 1.85 bits per heavy atom. The SMILES string of the molecule is COc1ccc(CC(=O)Nc2ccccc2N2CCCCCC2)cc1F. The number of hydrogen-bond donors (Lipinski definition) is 1. The van der Waals surface area contributed by atoms with E-state index in [0.29, 0.717) is 5.56 Å². The highest BCUT2D eigenvalue weighted by Gasteiger charge is 2.15. The van der Waals surface area contributed by atoms with E-state index in [9.17, 15) is 9.18 Å². The van der Waals surface area contributed by atoms with Crippen LogP contribution in [0, 0.1) is 5.82 Å². The lowest BCUT2D eigenvalue weighted by Crippen LogP contribution is -2.26. The quantitative estimate of drug-likeness (QED) is 0.863. The minimum atomic E-state index is -0.456. The molecule has 1 amide bonds. The second-order valence-corrected chi connectivity index (χ2v) is 6.61. The van der Waals surface area contributed by atoms with Crippen molar-refractivity contribution >= 4 is 17.3 Å². The number of benzene rings is 2. The molecular weight excluding hydrogens is 331 g/mol. The highest BCUT2D eigenvalue weighted by atomic mass is 19.1. The van der Waals surface area contributed by atoms with Gasteiger partial charge in [-0.25, -0.2) is 4.39 Å². The molecule has 3 rings (SSSR count). The third kappa shape index (κ3) is 4.54. The van der Waals surface area contributed by atoms with Gasteiger partial charge in [-0.15, -0.1) is 0 Å². The van der Waals surface area contributed by atoms with E-state index < -0.39 is 5.82 Å². The van der Waals surface area contributed by atoms with Crippen LogP contribution in [0.15, 0.2) is 42.5 Å². The van der Waals surface area contributed by atoms with Crippen LogP contribution >= 0.6 is 0 Å². The summed E-state index contributed by atoms with van der Waals surface area (Å²) >= 11 is 0. The summed E-state index contributed by atoms with van der Waals surface area (Å²) < 4.78 is 18.7. The van der Waals surface area contributed by atoms with Crippen molar-refractivity contribution < 1.29 is 13.9 Å². The lowest BCUT2D eigenvalue weighted by molar-refractivity contribution is -0.115. The van der Waals surface area contributed by atoms with E-state index in [4.69, 9.17) is 4.74 Å². The molecule has 0 spiro atoms. The average molecular weight is 356 g/mol. The highest BCUT2D eigenvalue weighted by molar-refractivity contribution is 5.95. The van der Waals surface area contributed by atoms with Crippen molar-refractivity contribution in [1.29, 1.82) is 0 Å². The zero-order chi connectivity index (χ0) is 18.4. The third-order valence-electron chi connectivity index (χ3n) is 4.71. The van der Waals surface area contributed by atoms with E-state index in [1.54, 1.807) is 12.1 Å². The Hall–Kier alpha value is -2.56. The first kappa shape index (κ1) is 18.2. The maximum absolute atomic E-state index is 13.8.